The summed E-state index contributed by atoms with van der Waals surface area (Å²) >= 11 is 0. The van der Waals surface area contributed by atoms with E-state index in [1.807, 2.05) is 37.9 Å². The van der Waals surface area contributed by atoms with Crippen molar-refractivity contribution in [3.05, 3.63) is 35.4 Å². The summed E-state index contributed by atoms with van der Waals surface area (Å²) in [4.78, 5) is 15.0. The average Bonchev–Trinajstić information content (AvgIpc) is 2.46. The lowest BCUT2D eigenvalue weighted by atomic mass is 9.80. The van der Waals surface area contributed by atoms with E-state index >= 15 is 0 Å². The Labute approximate surface area is 134 Å². The smallest absolute Gasteiger partial charge is 0.232 e. The summed E-state index contributed by atoms with van der Waals surface area (Å²) < 4.78 is 0. The summed E-state index contributed by atoms with van der Waals surface area (Å²) in [5.74, 6) is 0.242. The van der Waals surface area contributed by atoms with Gasteiger partial charge in [0.05, 0.1) is 5.41 Å². The first-order chi connectivity index (χ1) is 9.46. The zero-order valence-corrected chi connectivity index (χ0v) is 14.3. The first-order valence-corrected chi connectivity index (χ1v) is 7.49. The van der Waals surface area contributed by atoms with E-state index in [0.717, 1.165) is 31.5 Å². The van der Waals surface area contributed by atoms with Crippen molar-refractivity contribution in [2.45, 2.75) is 45.1 Å². The molecule has 1 aromatic rings. The zero-order valence-electron chi connectivity index (χ0n) is 13.5. The molecule has 1 aliphatic rings. The van der Waals surface area contributed by atoms with Crippen LogP contribution in [-0.2, 0) is 10.2 Å². The Hall–Kier alpha value is -1.06. The molecule has 1 amide bonds. The molecule has 1 saturated heterocycles. The van der Waals surface area contributed by atoms with Gasteiger partial charge in [0, 0.05) is 19.1 Å². The largest absolute Gasteiger partial charge is 0.340 e. The molecule has 0 spiro atoms. The van der Waals surface area contributed by atoms with Gasteiger partial charge in [0.2, 0.25) is 5.91 Å². The number of amides is 1. The van der Waals surface area contributed by atoms with Crippen molar-refractivity contribution in [3.63, 3.8) is 0 Å². The molecular formula is C17H27ClN2O. The third-order valence-corrected chi connectivity index (χ3v) is 4.47. The molecule has 1 fully saturated rings. The average molecular weight is 311 g/mol. The van der Waals surface area contributed by atoms with Crippen LogP contribution in [0.1, 0.15) is 37.8 Å². The van der Waals surface area contributed by atoms with Crippen LogP contribution in [0.4, 0.5) is 0 Å². The van der Waals surface area contributed by atoms with Crippen molar-refractivity contribution in [3.8, 4) is 0 Å². The number of likely N-dealkylation sites (N-methyl/N-ethyl adjacent to an activating group) is 1. The van der Waals surface area contributed by atoms with Gasteiger partial charge in [0.25, 0.3) is 0 Å². The summed E-state index contributed by atoms with van der Waals surface area (Å²) in [6.45, 7) is 7.87. The molecule has 0 aliphatic carbocycles. The van der Waals surface area contributed by atoms with Crippen LogP contribution in [0.3, 0.4) is 0 Å². The Morgan fingerprint density at radius 2 is 2.00 bits per heavy atom. The zero-order chi connectivity index (χ0) is 14.8. The molecule has 1 atom stereocenters. The number of nitrogens with one attached hydrogen (secondary N) is 1. The van der Waals surface area contributed by atoms with Gasteiger partial charge in [-0.2, -0.15) is 0 Å². The normalized spacial score (nSPS) is 19.0. The molecule has 2 rings (SSSR count). The molecule has 118 valence electrons. The summed E-state index contributed by atoms with van der Waals surface area (Å²) in [6, 6.07) is 8.63. The van der Waals surface area contributed by atoms with Crippen LogP contribution >= 0.6 is 12.4 Å². The fourth-order valence-corrected chi connectivity index (χ4v) is 3.18. The lowest BCUT2D eigenvalue weighted by molar-refractivity contribution is -0.137. The lowest BCUT2D eigenvalue weighted by Gasteiger charge is -2.38. The van der Waals surface area contributed by atoms with E-state index in [-0.39, 0.29) is 18.3 Å². The molecular weight excluding hydrogens is 284 g/mol. The number of rotatable bonds is 3. The van der Waals surface area contributed by atoms with Gasteiger partial charge < -0.3 is 10.2 Å². The predicted molar refractivity (Wildman–Crippen MR) is 90.1 cm³/mol. The van der Waals surface area contributed by atoms with Gasteiger partial charge in [-0.1, -0.05) is 24.3 Å². The number of hydrogen-bond donors (Lipinski definition) is 1. The third-order valence-electron chi connectivity index (χ3n) is 4.47. The van der Waals surface area contributed by atoms with Crippen molar-refractivity contribution in [2.24, 2.45) is 0 Å². The van der Waals surface area contributed by atoms with Gasteiger partial charge in [0.15, 0.2) is 0 Å². The summed E-state index contributed by atoms with van der Waals surface area (Å²) in [6.07, 6.45) is 2.24. The van der Waals surface area contributed by atoms with E-state index in [0.29, 0.717) is 6.04 Å². The Balaban J connectivity index is 0.00000220. The van der Waals surface area contributed by atoms with Gasteiger partial charge in [-0.3, -0.25) is 4.79 Å². The minimum absolute atomic E-state index is 0. The molecule has 21 heavy (non-hydrogen) atoms. The molecule has 4 heteroatoms. The number of hydrogen-bond acceptors (Lipinski definition) is 2. The molecule has 0 bridgehead atoms. The van der Waals surface area contributed by atoms with Gasteiger partial charge in [-0.25, -0.2) is 0 Å². The molecule has 1 unspecified atom stereocenters. The van der Waals surface area contributed by atoms with E-state index in [4.69, 9.17) is 0 Å². The second-order valence-electron chi connectivity index (χ2n) is 6.32. The minimum atomic E-state index is -0.457. The number of piperidine rings is 1. The molecule has 1 aromatic carbocycles. The second kappa shape index (κ2) is 7.28. The summed E-state index contributed by atoms with van der Waals surface area (Å²) in [5.41, 5.74) is 1.87. The van der Waals surface area contributed by atoms with Crippen molar-refractivity contribution in [2.75, 3.05) is 20.1 Å². The number of aryl methyl sites for hydroxylation is 1. The molecule has 1 aliphatic heterocycles. The van der Waals surface area contributed by atoms with E-state index in [1.54, 1.807) is 0 Å². The highest BCUT2D eigenvalue weighted by Crippen LogP contribution is 2.29. The van der Waals surface area contributed by atoms with Crippen molar-refractivity contribution >= 4 is 18.3 Å². The number of halogens is 1. The monoisotopic (exact) mass is 310 g/mol. The number of benzene rings is 1. The van der Waals surface area contributed by atoms with Crippen LogP contribution in [0.15, 0.2) is 24.3 Å². The summed E-state index contributed by atoms with van der Waals surface area (Å²) in [7, 11) is 1.98. The van der Waals surface area contributed by atoms with Crippen molar-refractivity contribution in [1.29, 1.82) is 0 Å². The van der Waals surface area contributed by atoms with Crippen LogP contribution in [-0.4, -0.2) is 37.0 Å². The predicted octanol–water partition coefficient (Wildman–Crippen LogP) is 2.90. The van der Waals surface area contributed by atoms with E-state index in [9.17, 15) is 4.79 Å². The molecule has 0 saturated carbocycles. The maximum atomic E-state index is 12.9. The van der Waals surface area contributed by atoms with Gasteiger partial charge in [0.1, 0.15) is 0 Å². The molecule has 0 aromatic heterocycles. The molecule has 0 radical (unpaired) electrons. The fraction of sp³-hybridized carbons (Fsp3) is 0.588. The SMILES string of the molecule is CNC1CCCN(C(=O)C(C)(C)c2ccccc2C)C1.Cl. The van der Waals surface area contributed by atoms with E-state index in [2.05, 4.69) is 24.4 Å². The standard InChI is InChI=1S/C17H26N2O.ClH/c1-13-8-5-6-10-15(13)17(2,3)16(20)19-11-7-9-14(12-19)18-4;/h5-6,8,10,14,18H,7,9,11-12H2,1-4H3;1H. The number of nitrogens with zero attached hydrogens (tertiary/aromatic N) is 1. The number of likely N-dealkylation sites (tertiary alicyclic amines) is 1. The van der Waals surface area contributed by atoms with Crippen LogP contribution in [0.2, 0.25) is 0 Å². The van der Waals surface area contributed by atoms with E-state index < -0.39 is 5.41 Å². The fourth-order valence-electron chi connectivity index (χ4n) is 3.18. The highest BCUT2D eigenvalue weighted by molar-refractivity contribution is 5.88. The minimum Gasteiger partial charge on any atom is -0.340 e. The van der Waals surface area contributed by atoms with Crippen LogP contribution in [0.25, 0.3) is 0 Å². The summed E-state index contributed by atoms with van der Waals surface area (Å²) in [5, 5.41) is 3.30. The van der Waals surface area contributed by atoms with Crippen molar-refractivity contribution in [1.82, 2.24) is 10.2 Å². The van der Waals surface area contributed by atoms with Crippen LogP contribution in [0, 0.1) is 6.92 Å². The number of carbonyl (C=O) groups excluding carboxylic acids is 1. The highest BCUT2D eigenvalue weighted by Gasteiger charge is 2.36. The number of carbonyl (C=O) groups is 1. The topological polar surface area (TPSA) is 32.3 Å². The quantitative estimate of drug-likeness (QED) is 0.931. The Bertz CT molecular complexity index is 487. The molecule has 1 N–H and O–H groups in total. The molecule has 3 nitrogen and oxygen atoms in total. The Morgan fingerprint density at radius 1 is 1.33 bits per heavy atom. The Morgan fingerprint density at radius 3 is 2.62 bits per heavy atom. The maximum absolute atomic E-state index is 12.9. The Kier molecular flexibility index (Phi) is 6.24. The first kappa shape index (κ1) is 18.0. The van der Waals surface area contributed by atoms with Gasteiger partial charge >= 0.3 is 0 Å². The van der Waals surface area contributed by atoms with Crippen molar-refractivity contribution < 1.29 is 4.79 Å². The second-order valence-corrected chi connectivity index (χ2v) is 6.32. The van der Waals surface area contributed by atoms with Crippen LogP contribution < -0.4 is 5.32 Å². The van der Waals surface area contributed by atoms with Crippen LogP contribution in [0.5, 0.6) is 0 Å². The van der Waals surface area contributed by atoms with Gasteiger partial charge in [-0.15, -0.1) is 12.4 Å². The van der Waals surface area contributed by atoms with E-state index in [1.165, 1.54) is 5.56 Å². The van der Waals surface area contributed by atoms with Gasteiger partial charge in [-0.05, 0) is 51.8 Å². The first-order valence-electron chi connectivity index (χ1n) is 7.49. The highest BCUT2D eigenvalue weighted by atomic mass is 35.5. The maximum Gasteiger partial charge on any atom is 0.232 e. The molecule has 1 heterocycles. The lowest BCUT2D eigenvalue weighted by Crippen LogP contribution is -2.52. The third kappa shape index (κ3) is 3.78.